The quantitative estimate of drug-likeness (QED) is 0.348. The molecule has 7 heteroatoms. The van der Waals surface area contributed by atoms with Crippen LogP contribution >= 0.6 is 11.6 Å². The number of nitrogens with zero attached hydrogens (tertiary/aromatic N) is 1. The van der Waals surface area contributed by atoms with E-state index in [1.807, 2.05) is 80.6 Å². The van der Waals surface area contributed by atoms with Gasteiger partial charge in [0.2, 0.25) is 11.8 Å². The molecule has 0 aliphatic carbocycles. The van der Waals surface area contributed by atoms with Gasteiger partial charge in [0.1, 0.15) is 19.3 Å². The summed E-state index contributed by atoms with van der Waals surface area (Å²) in [5, 5.41) is 3.66. The maximum absolute atomic E-state index is 13.9. The first-order valence-electron chi connectivity index (χ1n) is 13.2. The summed E-state index contributed by atoms with van der Waals surface area (Å²) in [5.41, 5.74) is 2.76. The van der Waals surface area contributed by atoms with Crippen LogP contribution in [-0.2, 0) is 29.0 Å². The standard InChI is InChI=1S/C31H35ClN2O4/c1-3-22(2)33-31(36)27(19-23-9-5-4-6-10-23)34(21-25-11-7-8-12-26(25)32)30(35)16-14-24-13-15-28-29(20-24)38-18-17-37-28/h4-13,15,20,22,27H,3,14,16-19,21H2,1-2H3,(H,33,36)/t22-,27-/m0/s1. The van der Waals surface area contributed by atoms with Crippen LogP contribution in [0.25, 0.3) is 0 Å². The maximum atomic E-state index is 13.9. The molecule has 0 bridgehead atoms. The highest BCUT2D eigenvalue weighted by atomic mass is 35.5. The molecule has 38 heavy (non-hydrogen) atoms. The van der Waals surface area contributed by atoms with Crippen molar-refractivity contribution in [2.24, 2.45) is 0 Å². The Hall–Kier alpha value is -3.51. The third kappa shape index (κ3) is 7.29. The molecule has 0 saturated carbocycles. The molecule has 1 heterocycles. The van der Waals surface area contributed by atoms with Gasteiger partial charge in [-0.1, -0.05) is 73.1 Å². The number of benzene rings is 3. The Morgan fingerprint density at radius 2 is 1.66 bits per heavy atom. The van der Waals surface area contributed by atoms with E-state index in [9.17, 15) is 9.59 Å². The minimum Gasteiger partial charge on any atom is -0.486 e. The highest BCUT2D eigenvalue weighted by molar-refractivity contribution is 6.31. The summed E-state index contributed by atoms with van der Waals surface area (Å²) in [5.74, 6) is 1.14. The second-order valence-corrected chi connectivity index (χ2v) is 10.0. The fourth-order valence-corrected chi connectivity index (χ4v) is 4.64. The highest BCUT2D eigenvalue weighted by Gasteiger charge is 2.31. The predicted octanol–water partition coefficient (Wildman–Crippen LogP) is 5.60. The lowest BCUT2D eigenvalue weighted by molar-refractivity contribution is -0.141. The molecule has 6 nitrogen and oxygen atoms in total. The van der Waals surface area contributed by atoms with Crippen molar-refractivity contribution in [2.75, 3.05) is 13.2 Å². The van der Waals surface area contributed by atoms with E-state index in [-0.39, 0.29) is 30.8 Å². The van der Waals surface area contributed by atoms with Crippen molar-refractivity contribution in [1.29, 1.82) is 0 Å². The first kappa shape index (κ1) is 27.5. The number of carbonyl (C=O) groups excluding carboxylic acids is 2. The van der Waals surface area contributed by atoms with Crippen LogP contribution < -0.4 is 14.8 Å². The van der Waals surface area contributed by atoms with Crippen LogP contribution in [-0.4, -0.2) is 42.0 Å². The van der Waals surface area contributed by atoms with E-state index < -0.39 is 6.04 Å². The Balaban J connectivity index is 1.60. The summed E-state index contributed by atoms with van der Waals surface area (Å²) in [6, 6.07) is 22.3. The van der Waals surface area contributed by atoms with Crippen LogP contribution in [0.3, 0.4) is 0 Å². The first-order chi connectivity index (χ1) is 18.4. The second kappa shape index (κ2) is 13.3. The fraction of sp³-hybridized carbons (Fsp3) is 0.355. The topological polar surface area (TPSA) is 67.9 Å². The molecule has 2 atom stereocenters. The molecule has 4 rings (SSSR count). The van der Waals surface area contributed by atoms with Gasteiger partial charge in [0, 0.05) is 30.5 Å². The van der Waals surface area contributed by atoms with Crippen LogP contribution in [0.1, 0.15) is 43.4 Å². The Morgan fingerprint density at radius 1 is 0.947 bits per heavy atom. The van der Waals surface area contributed by atoms with Gasteiger partial charge in [0.25, 0.3) is 0 Å². The number of aryl methyl sites for hydroxylation is 1. The molecule has 1 aliphatic heterocycles. The summed E-state index contributed by atoms with van der Waals surface area (Å²) in [6.07, 6.45) is 1.96. The number of hydrogen-bond acceptors (Lipinski definition) is 4. The number of hydrogen-bond donors (Lipinski definition) is 1. The Bertz CT molecular complexity index is 1230. The minimum atomic E-state index is -0.685. The van der Waals surface area contributed by atoms with Crippen LogP contribution in [0, 0.1) is 0 Å². The summed E-state index contributed by atoms with van der Waals surface area (Å²) >= 11 is 6.50. The van der Waals surface area contributed by atoms with Gasteiger partial charge >= 0.3 is 0 Å². The lowest BCUT2D eigenvalue weighted by atomic mass is 10.0. The summed E-state index contributed by atoms with van der Waals surface area (Å²) in [6.45, 7) is 5.28. The number of amides is 2. The number of rotatable bonds is 11. The van der Waals surface area contributed by atoms with Gasteiger partial charge in [-0.2, -0.15) is 0 Å². The van der Waals surface area contributed by atoms with Crippen LogP contribution in [0.2, 0.25) is 5.02 Å². The SMILES string of the molecule is CC[C@H](C)NC(=O)[C@H](Cc1ccccc1)N(Cc1ccccc1Cl)C(=O)CCc1ccc2c(c1)OCCO2. The van der Waals surface area contributed by atoms with Gasteiger partial charge in [0.05, 0.1) is 0 Å². The lowest BCUT2D eigenvalue weighted by Crippen LogP contribution is -2.52. The van der Waals surface area contributed by atoms with Gasteiger partial charge in [-0.3, -0.25) is 9.59 Å². The summed E-state index contributed by atoms with van der Waals surface area (Å²) in [4.78, 5) is 29.1. The molecule has 0 saturated heterocycles. The van der Waals surface area contributed by atoms with Crippen molar-refractivity contribution < 1.29 is 19.1 Å². The van der Waals surface area contributed by atoms with Crippen molar-refractivity contribution in [3.8, 4) is 11.5 Å². The van der Waals surface area contributed by atoms with E-state index in [2.05, 4.69) is 5.32 Å². The van der Waals surface area contributed by atoms with E-state index >= 15 is 0 Å². The minimum absolute atomic E-state index is 0.00393. The van der Waals surface area contributed by atoms with Gasteiger partial charge in [-0.25, -0.2) is 0 Å². The molecule has 0 aromatic heterocycles. The van der Waals surface area contributed by atoms with Gasteiger partial charge in [0.15, 0.2) is 11.5 Å². The van der Waals surface area contributed by atoms with Gasteiger partial charge < -0.3 is 19.7 Å². The Morgan fingerprint density at radius 3 is 2.39 bits per heavy atom. The zero-order valence-electron chi connectivity index (χ0n) is 22.0. The van der Waals surface area contributed by atoms with Gasteiger partial charge in [-0.15, -0.1) is 0 Å². The molecule has 2 amide bonds. The summed E-state index contributed by atoms with van der Waals surface area (Å²) in [7, 11) is 0. The third-order valence-corrected chi connectivity index (χ3v) is 7.17. The van der Waals surface area contributed by atoms with Crippen molar-refractivity contribution in [3.63, 3.8) is 0 Å². The second-order valence-electron chi connectivity index (χ2n) is 9.61. The molecule has 0 fully saturated rings. The van der Waals surface area contributed by atoms with E-state index in [1.54, 1.807) is 11.0 Å². The zero-order chi connectivity index (χ0) is 26.9. The predicted molar refractivity (Wildman–Crippen MR) is 150 cm³/mol. The molecule has 200 valence electrons. The van der Waals surface area contributed by atoms with Crippen molar-refractivity contribution in [1.82, 2.24) is 10.2 Å². The number of nitrogens with one attached hydrogen (secondary N) is 1. The molecular formula is C31H35ClN2O4. The fourth-order valence-electron chi connectivity index (χ4n) is 4.44. The van der Waals surface area contributed by atoms with Crippen molar-refractivity contribution in [3.05, 3.63) is 94.5 Å². The van der Waals surface area contributed by atoms with Crippen molar-refractivity contribution >= 4 is 23.4 Å². The van der Waals surface area contributed by atoms with E-state index in [0.717, 1.165) is 28.9 Å². The van der Waals surface area contributed by atoms with Crippen LogP contribution in [0.15, 0.2) is 72.8 Å². The van der Waals surface area contributed by atoms with Crippen LogP contribution in [0.5, 0.6) is 11.5 Å². The molecule has 0 spiro atoms. The average Bonchev–Trinajstić information content (AvgIpc) is 2.94. The summed E-state index contributed by atoms with van der Waals surface area (Å²) < 4.78 is 11.3. The smallest absolute Gasteiger partial charge is 0.243 e. The molecule has 1 aliphatic rings. The van der Waals surface area contributed by atoms with E-state index in [0.29, 0.717) is 36.8 Å². The largest absolute Gasteiger partial charge is 0.486 e. The Kier molecular flexibility index (Phi) is 9.66. The first-order valence-corrected chi connectivity index (χ1v) is 13.6. The zero-order valence-corrected chi connectivity index (χ0v) is 22.7. The molecule has 3 aromatic rings. The number of fused-ring (bicyclic) bond motifs is 1. The molecule has 1 N–H and O–H groups in total. The van der Waals surface area contributed by atoms with E-state index in [1.165, 1.54) is 0 Å². The normalized spacial score (nSPS) is 13.9. The molecule has 0 radical (unpaired) electrons. The van der Waals surface area contributed by atoms with E-state index in [4.69, 9.17) is 21.1 Å². The van der Waals surface area contributed by atoms with Crippen LogP contribution in [0.4, 0.5) is 0 Å². The molecule has 3 aromatic carbocycles. The third-order valence-electron chi connectivity index (χ3n) is 6.80. The maximum Gasteiger partial charge on any atom is 0.243 e. The number of carbonyl (C=O) groups is 2. The monoisotopic (exact) mass is 534 g/mol. The number of ether oxygens (including phenoxy) is 2. The average molecular weight is 535 g/mol. The lowest BCUT2D eigenvalue weighted by Gasteiger charge is -2.32. The molecule has 0 unspecified atom stereocenters. The van der Waals surface area contributed by atoms with Gasteiger partial charge in [-0.05, 0) is 54.7 Å². The molecular weight excluding hydrogens is 500 g/mol. The highest BCUT2D eigenvalue weighted by Crippen LogP contribution is 2.31. The van der Waals surface area contributed by atoms with Crippen molar-refractivity contribution in [2.45, 2.75) is 58.2 Å². The number of halogens is 1. The Labute approximate surface area is 229 Å².